The Morgan fingerprint density at radius 3 is 2.62 bits per heavy atom. The highest BCUT2D eigenvalue weighted by Gasteiger charge is 2.28. The molecule has 0 aliphatic carbocycles. The minimum Gasteiger partial charge on any atom is -0.355 e. The molecule has 1 aromatic rings. The second kappa shape index (κ2) is 4.43. The van der Waals surface area contributed by atoms with Crippen LogP contribution in [-0.4, -0.2) is 23.1 Å². The van der Waals surface area contributed by atoms with Gasteiger partial charge in [-0.3, -0.25) is 5.43 Å². The van der Waals surface area contributed by atoms with Gasteiger partial charge in [-0.1, -0.05) is 25.4 Å². The minimum absolute atomic E-state index is 0.395. The first-order valence-electron chi connectivity index (χ1n) is 5.36. The molecule has 16 heavy (non-hydrogen) atoms. The average molecular weight is 242 g/mol. The van der Waals surface area contributed by atoms with Crippen LogP contribution < -0.4 is 16.2 Å². The molecule has 6 heteroatoms. The zero-order valence-corrected chi connectivity index (χ0v) is 10.2. The summed E-state index contributed by atoms with van der Waals surface area (Å²) >= 11 is 6.09. The molecule has 0 spiro atoms. The number of nitrogen functional groups attached to an aromatic ring is 1. The number of halogens is 1. The zero-order valence-electron chi connectivity index (χ0n) is 9.44. The van der Waals surface area contributed by atoms with Crippen molar-refractivity contribution in [2.24, 2.45) is 17.7 Å². The SMILES string of the molecule is CC1CN(c2nc(NN)ncc2Cl)CC1C. The third-order valence-corrected chi connectivity index (χ3v) is 3.41. The first-order valence-corrected chi connectivity index (χ1v) is 5.73. The van der Waals surface area contributed by atoms with Gasteiger partial charge in [0.2, 0.25) is 5.95 Å². The molecule has 2 heterocycles. The summed E-state index contributed by atoms with van der Waals surface area (Å²) in [5, 5.41) is 0.570. The summed E-state index contributed by atoms with van der Waals surface area (Å²) < 4.78 is 0. The van der Waals surface area contributed by atoms with Crippen LogP contribution in [0.5, 0.6) is 0 Å². The molecule has 0 saturated carbocycles. The highest BCUT2D eigenvalue weighted by Crippen LogP contribution is 2.31. The van der Waals surface area contributed by atoms with Gasteiger partial charge < -0.3 is 4.90 Å². The molecule has 0 bridgehead atoms. The highest BCUT2D eigenvalue weighted by atomic mass is 35.5. The van der Waals surface area contributed by atoms with E-state index in [0.717, 1.165) is 18.9 Å². The number of nitrogens with one attached hydrogen (secondary N) is 1. The fourth-order valence-electron chi connectivity index (χ4n) is 1.95. The molecule has 1 aliphatic heterocycles. The van der Waals surface area contributed by atoms with Crippen LogP contribution >= 0.6 is 11.6 Å². The predicted octanol–water partition coefficient (Wildman–Crippen LogP) is 1.51. The van der Waals surface area contributed by atoms with E-state index in [-0.39, 0.29) is 0 Å². The summed E-state index contributed by atoms with van der Waals surface area (Å²) in [7, 11) is 0. The van der Waals surface area contributed by atoms with Crippen LogP contribution in [0.25, 0.3) is 0 Å². The van der Waals surface area contributed by atoms with Crippen LogP contribution in [0.2, 0.25) is 5.02 Å². The Bertz CT molecular complexity index is 373. The average Bonchev–Trinajstić information content (AvgIpc) is 2.60. The van der Waals surface area contributed by atoms with Gasteiger partial charge in [0.05, 0.1) is 6.20 Å². The molecular formula is C10H16ClN5. The molecule has 1 saturated heterocycles. The molecule has 0 amide bonds. The van der Waals surface area contributed by atoms with E-state index in [4.69, 9.17) is 17.4 Å². The number of hydrogen-bond acceptors (Lipinski definition) is 5. The summed E-state index contributed by atoms with van der Waals surface area (Å²) in [5.41, 5.74) is 2.43. The largest absolute Gasteiger partial charge is 0.355 e. The van der Waals surface area contributed by atoms with Crippen molar-refractivity contribution in [2.75, 3.05) is 23.4 Å². The molecule has 0 radical (unpaired) electrons. The number of nitrogens with zero attached hydrogens (tertiary/aromatic N) is 3. The lowest BCUT2D eigenvalue weighted by atomic mass is 10.0. The van der Waals surface area contributed by atoms with Crippen LogP contribution in [0.4, 0.5) is 11.8 Å². The molecule has 1 fully saturated rings. The van der Waals surface area contributed by atoms with Crippen LogP contribution in [0.15, 0.2) is 6.20 Å². The van der Waals surface area contributed by atoms with E-state index in [0.29, 0.717) is 22.8 Å². The number of nitrogens with two attached hydrogens (primary N) is 1. The smallest absolute Gasteiger partial charge is 0.239 e. The number of hydrogen-bond donors (Lipinski definition) is 2. The predicted molar refractivity (Wildman–Crippen MR) is 65.4 cm³/mol. The lowest BCUT2D eigenvalue weighted by Crippen LogP contribution is -2.22. The Labute approximate surface area is 100.0 Å². The van der Waals surface area contributed by atoms with Crippen molar-refractivity contribution in [3.63, 3.8) is 0 Å². The van der Waals surface area contributed by atoms with E-state index < -0.39 is 0 Å². The van der Waals surface area contributed by atoms with Crippen LogP contribution in [-0.2, 0) is 0 Å². The number of aromatic nitrogens is 2. The van der Waals surface area contributed by atoms with Crippen LogP contribution in [0.3, 0.4) is 0 Å². The Morgan fingerprint density at radius 1 is 1.44 bits per heavy atom. The van der Waals surface area contributed by atoms with E-state index in [1.54, 1.807) is 6.20 Å². The van der Waals surface area contributed by atoms with E-state index in [1.807, 2.05) is 0 Å². The van der Waals surface area contributed by atoms with Gasteiger partial charge in [-0.2, -0.15) is 4.98 Å². The second-order valence-electron chi connectivity index (χ2n) is 4.37. The van der Waals surface area contributed by atoms with Gasteiger partial charge >= 0.3 is 0 Å². The van der Waals surface area contributed by atoms with Gasteiger partial charge in [-0.05, 0) is 11.8 Å². The van der Waals surface area contributed by atoms with Gasteiger partial charge in [0.15, 0.2) is 5.82 Å². The van der Waals surface area contributed by atoms with E-state index in [1.165, 1.54) is 0 Å². The lowest BCUT2D eigenvalue weighted by molar-refractivity contribution is 0.494. The molecule has 5 nitrogen and oxygen atoms in total. The number of hydrazine groups is 1. The van der Waals surface area contributed by atoms with Crippen molar-refractivity contribution in [3.8, 4) is 0 Å². The van der Waals surface area contributed by atoms with Crippen molar-refractivity contribution in [1.82, 2.24) is 9.97 Å². The lowest BCUT2D eigenvalue weighted by Gasteiger charge is -2.18. The monoisotopic (exact) mass is 241 g/mol. The van der Waals surface area contributed by atoms with E-state index >= 15 is 0 Å². The van der Waals surface area contributed by atoms with Crippen molar-refractivity contribution < 1.29 is 0 Å². The molecule has 0 aromatic carbocycles. The second-order valence-corrected chi connectivity index (χ2v) is 4.78. The summed E-state index contributed by atoms with van der Waals surface area (Å²) in [6.45, 7) is 6.42. The normalized spacial score (nSPS) is 24.9. The van der Waals surface area contributed by atoms with E-state index in [9.17, 15) is 0 Å². The first-order chi connectivity index (χ1) is 7.61. The summed E-state index contributed by atoms with van der Waals surface area (Å²) in [6.07, 6.45) is 1.58. The maximum atomic E-state index is 6.09. The minimum atomic E-state index is 0.395. The van der Waals surface area contributed by atoms with Crippen molar-refractivity contribution in [1.29, 1.82) is 0 Å². The summed E-state index contributed by atoms with van der Waals surface area (Å²) in [6, 6.07) is 0. The maximum absolute atomic E-state index is 6.09. The van der Waals surface area contributed by atoms with Crippen molar-refractivity contribution in [2.45, 2.75) is 13.8 Å². The molecule has 2 unspecified atom stereocenters. The standard InChI is InChI=1S/C10H16ClN5/c1-6-4-16(5-7(6)2)9-8(11)3-13-10(14-9)15-12/h3,6-7H,4-5,12H2,1-2H3,(H,13,14,15). The maximum Gasteiger partial charge on any atom is 0.239 e. The first kappa shape index (κ1) is 11.4. The molecule has 2 rings (SSSR count). The van der Waals surface area contributed by atoms with Crippen molar-refractivity contribution >= 4 is 23.4 Å². The Hall–Kier alpha value is -1.07. The summed E-state index contributed by atoms with van der Waals surface area (Å²) in [5.74, 6) is 7.75. The topological polar surface area (TPSA) is 67.1 Å². The fourth-order valence-corrected chi connectivity index (χ4v) is 2.16. The van der Waals surface area contributed by atoms with Gasteiger partial charge in [-0.15, -0.1) is 0 Å². The van der Waals surface area contributed by atoms with Gasteiger partial charge in [0, 0.05) is 13.1 Å². The molecule has 3 N–H and O–H groups in total. The third kappa shape index (κ3) is 2.05. The van der Waals surface area contributed by atoms with E-state index in [2.05, 4.69) is 34.1 Å². The Morgan fingerprint density at radius 2 is 2.06 bits per heavy atom. The fraction of sp³-hybridized carbons (Fsp3) is 0.600. The molecular weight excluding hydrogens is 226 g/mol. The highest BCUT2D eigenvalue weighted by molar-refractivity contribution is 6.32. The Balaban J connectivity index is 2.26. The third-order valence-electron chi connectivity index (χ3n) is 3.14. The molecule has 1 aromatic heterocycles. The summed E-state index contributed by atoms with van der Waals surface area (Å²) in [4.78, 5) is 10.4. The Kier molecular flexibility index (Phi) is 3.16. The van der Waals surface area contributed by atoms with Gasteiger partial charge in [0.25, 0.3) is 0 Å². The van der Waals surface area contributed by atoms with Gasteiger partial charge in [0.1, 0.15) is 5.02 Å². The molecule has 1 aliphatic rings. The molecule has 88 valence electrons. The van der Waals surface area contributed by atoms with Crippen molar-refractivity contribution in [3.05, 3.63) is 11.2 Å². The van der Waals surface area contributed by atoms with Crippen LogP contribution in [0.1, 0.15) is 13.8 Å². The quantitative estimate of drug-likeness (QED) is 0.607. The number of anilines is 2. The van der Waals surface area contributed by atoms with Crippen LogP contribution in [0, 0.1) is 11.8 Å². The molecule has 2 atom stereocenters. The zero-order chi connectivity index (χ0) is 11.7. The van der Waals surface area contributed by atoms with Gasteiger partial charge in [-0.25, -0.2) is 10.8 Å². The number of rotatable bonds is 2.